The molecule has 9 heteroatoms. The molecule has 5 rings (SSSR count). The van der Waals surface area contributed by atoms with Gasteiger partial charge in [-0.15, -0.1) is 0 Å². The van der Waals surface area contributed by atoms with Gasteiger partial charge in [-0.3, -0.25) is 9.69 Å². The van der Waals surface area contributed by atoms with Crippen LogP contribution in [0.3, 0.4) is 0 Å². The number of nitrogens with zero attached hydrogens (tertiary/aromatic N) is 4. The quantitative estimate of drug-likeness (QED) is 0.454. The second-order valence-electron chi connectivity index (χ2n) is 11.0. The minimum Gasteiger partial charge on any atom is -0.322 e. The van der Waals surface area contributed by atoms with Gasteiger partial charge in [-0.2, -0.15) is 18.3 Å². The van der Waals surface area contributed by atoms with Gasteiger partial charge >= 0.3 is 6.18 Å². The molecule has 42 heavy (non-hydrogen) atoms. The first-order valence-electron chi connectivity index (χ1n) is 14.0. The highest BCUT2D eigenvalue weighted by molar-refractivity contribution is 6.04. The number of hydrogen-bond donors (Lipinski definition) is 1. The van der Waals surface area contributed by atoms with Crippen LogP contribution in [0.1, 0.15) is 46.0 Å². The van der Waals surface area contributed by atoms with Crippen molar-refractivity contribution in [3.05, 3.63) is 99.9 Å². The van der Waals surface area contributed by atoms with Crippen molar-refractivity contribution >= 4 is 17.8 Å². The molecule has 218 valence electrons. The molecule has 1 unspecified atom stereocenters. The van der Waals surface area contributed by atoms with Crippen LogP contribution >= 0.6 is 0 Å². The molecule has 6 nitrogen and oxygen atoms in total. The highest BCUT2D eigenvalue weighted by Crippen LogP contribution is 2.35. The van der Waals surface area contributed by atoms with Gasteiger partial charge in [0.15, 0.2) is 0 Å². The van der Waals surface area contributed by atoms with Crippen LogP contribution in [-0.2, 0) is 12.7 Å². The number of fused-ring (bicyclic) bond motifs is 1. The van der Waals surface area contributed by atoms with Crippen LogP contribution in [0.4, 0.5) is 18.9 Å². The van der Waals surface area contributed by atoms with Gasteiger partial charge in [0.05, 0.1) is 11.3 Å². The molecule has 0 aromatic heterocycles. The number of amides is 1. The largest absolute Gasteiger partial charge is 0.416 e. The number of nitrogens with one attached hydrogen (secondary N) is 1. The molecule has 3 aliphatic heterocycles. The number of hydrazone groups is 1. The monoisotopic (exact) mass is 573 g/mol. The minimum absolute atomic E-state index is 0.0931. The van der Waals surface area contributed by atoms with Crippen LogP contribution in [0.2, 0.25) is 0 Å². The molecule has 2 aromatic carbocycles. The summed E-state index contributed by atoms with van der Waals surface area (Å²) in [5, 5.41) is 8.90. The summed E-state index contributed by atoms with van der Waals surface area (Å²) >= 11 is 0. The van der Waals surface area contributed by atoms with Crippen LogP contribution in [-0.4, -0.2) is 60.2 Å². The number of alkyl halides is 3. The van der Waals surface area contributed by atoms with Crippen LogP contribution < -0.4 is 5.32 Å². The Morgan fingerprint density at radius 3 is 2.64 bits per heavy atom. The summed E-state index contributed by atoms with van der Waals surface area (Å²) in [5.41, 5.74) is 3.11. The molecule has 1 saturated heterocycles. The van der Waals surface area contributed by atoms with E-state index in [1.807, 2.05) is 31.0 Å². The molecule has 3 aliphatic rings. The Hall–Kier alpha value is -4.13. The molecule has 0 bridgehead atoms. The normalized spacial score (nSPS) is 19.3. The number of benzene rings is 2. The van der Waals surface area contributed by atoms with Gasteiger partial charge in [-0.05, 0) is 85.9 Å². The zero-order chi connectivity index (χ0) is 29.9. The number of hydrogen-bond acceptors (Lipinski definition) is 5. The summed E-state index contributed by atoms with van der Waals surface area (Å²) in [4.78, 5) is 17.3. The van der Waals surface area contributed by atoms with Crippen LogP contribution in [0.15, 0.2) is 77.2 Å². The summed E-state index contributed by atoms with van der Waals surface area (Å²) in [5.74, 6) is 6.17. The minimum atomic E-state index is -4.54. The smallest absolute Gasteiger partial charge is 0.322 e. The molecule has 0 spiro atoms. The maximum atomic E-state index is 14.0. The maximum Gasteiger partial charge on any atom is 0.416 e. The summed E-state index contributed by atoms with van der Waals surface area (Å²) in [7, 11) is 2.00. The Labute approximate surface area is 244 Å². The van der Waals surface area contributed by atoms with Crippen LogP contribution in [0.5, 0.6) is 0 Å². The van der Waals surface area contributed by atoms with E-state index in [1.165, 1.54) is 12.1 Å². The van der Waals surface area contributed by atoms with Crippen molar-refractivity contribution in [2.45, 2.75) is 33.0 Å². The zero-order valence-electron chi connectivity index (χ0n) is 24.0. The van der Waals surface area contributed by atoms with Crippen LogP contribution in [0, 0.1) is 24.7 Å². The third kappa shape index (κ3) is 7.01. The molecule has 3 heterocycles. The van der Waals surface area contributed by atoms with E-state index >= 15 is 0 Å². The lowest BCUT2D eigenvalue weighted by Gasteiger charge is -2.33. The van der Waals surface area contributed by atoms with Crippen molar-refractivity contribution in [1.29, 1.82) is 0 Å². The number of aryl methyl sites for hydroxylation is 1. The van der Waals surface area contributed by atoms with Gasteiger partial charge < -0.3 is 10.2 Å². The predicted octanol–water partition coefficient (Wildman–Crippen LogP) is 6.03. The molecule has 1 amide bonds. The molecule has 0 saturated carbocycles. The maximum absolute atomic E-state index is 14.0. The Morgan fingerprint density at radius 1 is 1.10 bits per heavy atom. The molecule has 1 N–H and O–H groups in total. The predicted molar refractivity (Wildman–Crippen MR) is 160 cm³/mol. The highest BCUT2D eigenvalue weighted by Gasteiger charge is 2.34. The molecule has 0 aliphatic carbocycles. The lowest BCUT2D eigenvalue weighted by atomic mass is 10.0. The fraction of sp³-hybridized carbons (Fsp3) is 0.333. The molecular formula is C33H34F3N5O. The van der Waals surface area contributed by atoms with E-state index < -0.39 is 17.6 Å². The second kappa shape index (κ2) is 12.4. The number of carbonyl (C=O) groups excluding carboxylic acids is 1. The van der Waals surface area contributed by atoms with E-state index in [0.717, 1.165) is 42.5 Å². The molecular weight excluding hydrogens is 539 g/mol. The number of piperazine rings is 1. The standard InChI is InChI=1S/C33H34F3N5O/c1-23-6-12-29-5-4-14-37-41(29)30(19-23)13-10-25-20-26(8-7-24(25)2)32(42)38-28-11-9-27(31(21-28)33(34,35)36)22-40-17-15-39(3)16-18-40/h4-5,7-9,11-12,14,19-21,23H,6,15-18,22H2,1-3H3,(H,38,42). The van der Waals surface area contributed by atoms with Crippen molar-refractivity contribution in [3.8, 4) is 11.8 Å². The number of anilines is 1. The van der Waals surface area contributed by atoms with Crippen molar-refractivity contribution in [1.82, 2.24) is 14.8 Å². The molecule has 1 atom stereocenters. The van der Waals surface area contributed by atoms with Gasteiger partial charge in [0, 0.05) is 55.8 Å². The lowest BCUT2D eigenvalue weighted by molar-refractivity contribution is -0.138. The van der Waals surface area contributed by atoms with Gasteiger partial charge in [0.2, 0.25) is 0 Å². The number of likely N-dealkylation sites (N-methyl/N-ethyl adjacent to an activating group) is 1. The second-order valence-corrected chi connectivity index (χ2v) is 11.0. The van der Waals surface area contributed by atoms with E-state index in [4.69, 9.17) is 0 Å². The Balaban J connectivity index is 1.35. The number of rotatable bonds is 4. The Bertz CT molecular complexity index is 1530. The fourth-order valence-corrected chi connectivity index (χ4v) is 5.08. The van der Waals surface area contributed by atoms with E-state index in [2.05, 4.69) is 46.2 Å². The SMILES string of the molecule is Cc1ccc(C(=O)Nc2ccc(CN3CCN(C)CC3)c(C(F)(F)F)c2)cc1C#CC1=CC(C)CC=C2C=CC=NN12. The average molecular weight is 574 g/mol. The van der Waals surface area contributed by atoms with Crippen LogP contribution in [0.25, 0.3) is 0 Å². The summed E-state index contributed by atoms with van der Waals surface area (Å²) in [6.07, 6.45) is 6.12. The van der Waals surface area contributed by atoms with Gasteiger partial charge in [0.25, 0.3) is 5.91 Å². The van der Waals surface area contributed by atoms with E-state index in [9.17, 15) is 18.0 Å². The van der Waals surface area contributed by atoms with E-state index in [0.29, 0.717) is 24.2 Å². The first-order chi connectivity index (χ1) is 20.1. The Kier molecular flexibility index (Phi) is 8.66. The molecule has 0 radical (unpaired) electrons. The van der Waals surface area contributed by atoms with Gasteiger partial charge in [-0.1, -0.05) is 31.1 Å². The summed E-state index contributed by atoms with van der Waals surface area (Å²) in [6.45, 7) is 7.28. The highest BCUT2D eigenvalue weighted by atomic mass is 19.4. The topological polar surface area (TPSA) is 51.2 Å². The average Bonchev–Trinajstić information content (AvgIpc) is 3.12. The van der Waals surface area contributed by atoms with Crippen molar-refractivity contribution in [2.75, 3.05) is 38.5 Å². The molecule has 2 aromatic rings. The zero-order valence-corrected chi connectivity index (χ0v) is 24.0. The lowest BCUT2D eigenvalue weighted by Crippen LogP contribution is -2.44. The first-order valence-corrected chi connectivity index (χ1v) is 14.0. The van der Waals surface area contributed by atoms with Gasteiger partial charge in [0.1, 0.15) is 5.70 Å². The third-order valence-electron chi connectivity index (χ3n) is 7.64. The number of carbonyl (C=O) groups is 1. The first kappa shape index (κ1) is 29.4. The van der Waals surface area contributed by atoms with E-state index in [1.54, 1.807) is 29.4 Å². The number of halogens is 3. The summed E-state index contributed by atoms with van der Waals surface area (Å²) < 4.78 is 42.0. The van der Waals surface area contributed by atoms with Crippen molar-refractivity contribution in [2.24, 2.45) is 11.0 Å². The number of allylic oxidation sites excluding steroid dienone is 5. The Morgan fingerprint density at radius 2 is 1.88 bits per heavy atom. The summed E-state index contributed by atoms with van der Waals surface area (Å²) in [6, 6.07) is 9.13. The molecule has 1 fully saturated rings. The van der Waals surface area contributed by atoms with Gasteiger partial charge in [-0.25, -0.2) is 5.01 Å². The van der Waals surface area contributed by atoms with Crippen molar-refractivity contribution < 1.29 is 18.0 Å². The third-order valence-corrected chi connectivity index (χ3v) is 7.64. The van der Waals surface area contributed by atoms with E-state index in [-0.39, 0.29) is 23.7 Å². The fourth-order valence-electron chi connectivity index (χ4n) is 5.08. The van der Waals surface area contributed by atoms with Crippen molar-refractivity contribution in [3.63, 3.8) is 0 Å².